The van der Waals surface area contributed by atoms with Crippen molar-refractivity contribution in [2.45, 2.75) is 26.4 Å². The van der Waals surface area contributed by atoms with Crippen molar-refractivity contribution in [1.29, 1.82) is 0 Å². The molecule has 2 heterocycles. The van der Waals surface area contributed by atoms with Crippen molar-refractivity contribution in [3.8, 4) is 0 Å². The van der Waals surface area contributed by atoms with E-state index in [0.717, 1.165) is 25.3 Å². The van der Waals surface area contributed by atoms with Crippen molar-refractivity contribution in [1.82, 2.24) is 15.2 Å². The molecule has 0 aromatic carbocycles. The van der Waals surface area contributed by atoms with Crippen LogP contribution in [-0.2, 0) is 13.1 Å². The lowest BCUT2D eigenvalue weighted by Crippen LogP contribution is -2.32. The number of pyridine rings is 1. The van der Waals surface area contributed by atoms with Crippen LogP contribution in [0.1, 0.15) is 24.7 Å². The molecule has 1 aromatic heterocycles. The number of aromatic nitrogens is 1. The number of nitrogens with one attached hydrogen (secondary N) is 1. The second-order valence-electron chi connectivity index (χ2n) is 4.69. The van der Waals surface area contributed by atoms with E-state index in [1.807, 2.05) is 0 Å². The zero-order valence-electron chi connectivity index (χ0n) is 11.2. The van der Waals surface area contributed by atoms with E-state index < -0.39 is 0 Å². The fraction of sp³-hybridized carbons (Fsp3) is 0.643. The molecule has 3 nitrogen and oxygen atoms in total. The van der Waals surface area contributed by atoms with Gasteiger partial charge >= 0.3 is 0 Å². The molecule has 1 fully saturated rings. The lowest BCUT2D eigenvalue weighted by atomic mass is 10.2. The van der Waals surface area contributed by atoms with Crippen LogP contribution in [0.2, 0.25) is 0 Å². The summed E-state index contributed by atoms with van der Waals surface area (Å²) < 4.78 is 0. The van der Waals surface area contributed by atoms with Gasteiger partial charge in [-0.1, -0.05) is 13.0 Å². The van der Waals surface area contributed by atoms with Crippen LogP contribution in [0.5, 0.6) is 0 Å². The number of rotatable bonds is 6. The minimum Gasteiger partial charge on any atom is -0.311 e. The molecule has 4 heteroatoms. The summed E-state index contributed by atoms with van der Waals surface area (Å²) in [6.07, 6.45) is 1.17. The highest BCUT2D eigenvalue weighted by Gasteiger charge is 2.11. The summed E-state index contributed by atoms with van der Waals surface area (Å²) in [5.41, 5.74) is 2.37. The molecule has 1 aliphatic rings. The van der Waals surface area contributed by atoms with Crippen LogP contribution in [0.4, 0.5) is 0 Å². The molecule has 0 aliphatic carbocycles. The van der Waals surface area contributed by atoms with E-state index in [2.05, 4.69) is 47.1 Å². The third-order valence-corrected chi connectivity index (χ3v) is 4.03. The molecule has 18 heavy (non-hydrogen) atoms. The van der Waals surface area contributed by atoms with Crippen LogP contribution >= 0.6 is 11.8 Å². The lowest BCUT2D eigenvalue weighted by Gasteiger charge is -2.25. The smallest absolute Gasteiger partial charge is 0.0547 e. The minimum atomic E-state index is 0.886. The van der Waals surface area contributed by atoms with Gasteiger partial charge in [0.2, 0.25) is 0 Å². The molecule has 0 atom stereocenters. The SMILES string of the molecule is CCCNCc1cccc(CN2CCSCC2)n1. The van der Waals surface area contributed by atoms with E-state index in [1.54, 1.807) is 0 Å². The van der Waals surface area contributed by atoms with E-state index in [1.165, 1.54) is 36.7 Å². The minimum absolute atomic E-state index is 0.886. The van der Waals surface area contributed by atoms with Gasteiger partial charge in [0, 0.05) is 37.7 Å². The number of thioether (sulfide) groups is 1. The molecule has 0 radical (unpaired) electrons. The standard InChI is InChI=1S/C14H23N3S/c1-2-6-15-11-13-4-3-5-14(16-13)12-17-7-9-18-10-8-17/h3-5,15H,2,6-12H2,1H3. The summed E-state index contributed by atoms with van der Waals surface area (Å²) in [5.74, 6) is 2.52. The van der Waals surface area contributed by atoms with Gasteiger partial charge in [0.1, 0.15) is 0 Å². The Hall–Kier alpha value is -0.580. The second-order valence-corrected chi connectivity index (χ2v) is 5.91. The van der Waals surface area contributed by atoms with E-state index in [-0.39, 0.29) is 0 Å². The molecule has 0 bridgehead atoms. The van der Waals surface area contributed by atoms with Crippen molar-refractivity contribution in [3.63, 3.8) is 0 Å². The maximum absolute atomic E-state index is 4.73. The van der Waals surface area contributed by atoms with Crippen molar-refractivity contribution < 1.29 is 0 Å². The largest absolute Gasteiger partial charge is 0.311 e. The van der Waals surface area contributed by atoms with Crippen molar-refractivity contribution in [3.05, 3.63) is 29.6 Å². The predicted molar refractivity (Wildman–Crippen MR) is 78.8 cm³/mol. The molecule has 2 rings (SSSR count). The van der Waals surface area contributed by atoms with Crippen molar-refractivity contribution in [2.24, 2.45) is 0 Å². The molecule has 1 N–H and O–H groups in total. The van der Waals surface area contributed by atoms with Crippen LogP contribution in [0, 0.1) is 0 Å². The van der Waals surface area contributed by atoms with Crippen LogP contribution < -0.4 is 5.32 Å². The topological polar surface area (TPSA) is 28.2 Å². The summed E-state index contributed by atoms with van der Waals surface area (Å²) in [6, 6.07) is 6.38. The van der Waals surface area contributed by atoms with E-state index in [0.29, 0.717) is 0 Å². The number of hydrogen-bond acceptors (Lipinski definition) is 4. The summed E-state index contributed by atoms with van der Waals surface area (Å²) in [4.78, 5) is 7.23. The molecular weight excluding hydrogens is 242 g/mol. The summed E-state index contributed by atoms with van der Waals surface area (Å²) in [6.45, 7) is 7.54. The molecule has 0 saturated carbocycles. The Balaban J connectivity index is 1.85. The second kappa shape index (κ2) is 7.77. The van der Waals surface area contributed by atoms with Crippen LogP contribution in [0.25, 0.3) is 0 Å². The first-order valence-electron chi connectivity index (χ1n) is 6.84. The average Bonchev–Trinajstić information content (AvgIpc) is 2.41. The molecule has 1 aliphatic heterocycles. The van der Waals surface area contributed by atoms with Gasteiger partial charge in [-0.2, -0.15) is 11.8 Å². The van der Waals surface area contributed by atoms with Gasteiger partial charge in [-0.3, -0.25) is 9.88 Å². The maximum Gasteiger partial charge on any atom is 0.0547 e. The highest BCUT2D eigenvalue weighted by atomic mass is 32.2. The highest BCUT2D eigenvalue weighted by molar-refractivity contribution is 7.99. The van der Waals surface area contributed by atoms with Gasteiger partial charge in [-0.05, 0) is 25.1 Å². The molecular formula is C14H23N3S. The first-order chi connectivity index (χ1) is 8.88. The molecule has 1 aromatic rings. The van der Waals surface area contributed by atoms with E-state index in [4.69, 9.17) is 4.98 Å². The Labute approximate surface area is 114 Å². The molecule has 1 saturated heterocycles. The zero-order chi connectivity index (χ0) is 12.6. The fourth-order valence-electron chi connectivity index (χ4n) is 2.10. The predicted octanol–water partition coefficient (Wildman–Crippen LogP) is 2.13. The van der Waals surface area contributed by atoms with Gasteiger partial charge < -0.3 is 5.32 Å². The number of nitrogens with zero attached hydrogens (tertiary/aromatic N) is 2. The van der Waals surface area contributed by atoms with Crippen LogP contribution in [-0.4, -0.2) is 41.0 Å². The number of hydrogen-bond donors (Lipinski definition) is 1. The normalized spacial score (nSPS) is 16.9. The first kappa shape index (κ1) is 13.8. The summed E-state index contributed by atoms with van der Waals surface area (Å²) >= 11 is 2.05. The third-order valence-electron chi connectivity index (χ3n) is 3.09. The molecule has 0 amide bonds. The van der Waals surface area contributed by atoms with Crippen molar-refractivity contribution >= 4 is 11.8 Å². The van der Waals surface area contributed by atoms with Gasteiger partial charge in [-0.15, -0.1) is 0 Å². The maximum atomic E-state index is 4.73. The Kier molecular flexibility index (Phi) is 5.97. The summed E-state index contributed by atoms with van der Waals surface area (Å²) in [5, 5.41) is 3.40. The quantitative estimate of drug-likeness (QED) is 0.798. The highest BCUT2D eigenvalue weighted by Crippen LogP contribution is 2.12. The van der Waals surface area contributed by atoms with Crippen LogP contribution in [0.15, 0.2) is 18.2 Å². The monoisotopic (exact) mass is 265 g/mol. The van der Waals surface area contributed by atoms with Gasteiger partial charge in [-0.25, -0.2) is 0 Å². The van der Waals surface area contributed by atoms with Crippen LogP contribution in [0.3, 0.4) is 0 Å². The Bertz CT molecular complexity index is 351. The Morgan fingerprint density at radius 3 is 2.83 bits per heavy atom. The molecule has 0 spiro atoms. The Morgan fingerprint density at radius 2 is 2.06 bits per heavy atom. The average molecular weight is 265 g/mol. The Morgan fingerprint density at radius 1 is 1.28 bits per heavy atom. The van der Waals surface area contributed by atoms with E-state index in [9.17, 15) is 0 Å². The third kappa shape index (κ3) is 4.59. The van der Waals surface area contributed by atoms with E-state index >= 15 is 0 Å². The fourth-order valence-corrected chi connectivity index (χ4v) is 3.08. The molecule has 100 valence electrons. The van der Waals surface area contributed by atoms with Crippen molar-refractivity contribution in [2.75, 3.05) is 31.1 Å². The van der Waals surface area contributed by atoms with Gasteiger partial charge in [0.25, 0.3) is 0 Å². The van der Waals surface area contributed by atoms with Gasteiger partial charge in [0.15, 0.2) is 0 Å². The first-order valence-corrected chi connectivity index (χ1v) is 7.99. The molecule has 0 unspecified atom stereocenters. The van der Waals surface area contributed by atoms with Gasteiger partial charge in [0.05, 0.1) is 11.4 Å². The zero-order valence-corrected chi connectivity index (χ0v) is 12.0. The lowest BCUT2D eigenvalue weighted by molar-refractivity contribution is 0.291. The summed E-state index contributed by atoms with van der Waals surface area (Å²) in [7, 11) is 0.